The highest BCUT2D eigenvalue weighted by atomic mass is 35.5. The van der Waals surface area contributed by atoms with Crippen LogP contribution < -0.4 is 14.4 Å². The maximum atomic E-state index is 13.0. The van der Waals surface area contributed by atoms with Gasteiger partial charge in [-0.2, -0.15) is 0 Å². The lowest BCUT2D eigenvalue weighted by molar-refractivity contribution is -0.122. The highest BCUT2D eigenvalue weighted by molar-refractivity contribution is 7.92. The van der Waals surface area contributed by atoms with Crippen LogP contribution in [0.4, 0.5) is 5.69 Å². The molecule has 1 amide bonds. The third-order valence-electron chi connectivity index (χ3n) is 4.37. The summed E-state index contributed by atoms with van der Waals surface area (Å²) in [7, 11) is -2.35. The molecular formula is C20H25ClN2O4S. The van der Waals surface area contributed by atoms with Crippen LogP contribution in [0.25, 0.3) is 0 Å². The number of benzene rings is 2. The van der Waals surface area contributed by atoms with Crippen molar-refractivity contribution in [3.05, 3.63) is 59.1 Å². The summed E-state index contributed by atoms with van der Waals surface area (Å²) in [5.74, 6) is -0.0801. The minimum absolute atomic E-state index is 0.229. The maximum Gasteiger partial charge on any atom is 0.244 e. The van der Waals surface area contributed by atoms with Gasteiger partial charge in [-0.1, -0.05) is 48.9 Å². The summed E-state index contributed by atoms with van der Waals surface area (Å²) in [4.78, 5) is 13.0. The number of hydrogen-bond acceptors (Lipinski definition) is 4. The normalized spacial score (nSPS) is 13.5. The molecule has 0 aliphatic carbocycles. The molecule has 0 spiro atoms. The lowest BCUT2D eigenvalue weighted by Crippen LogP contribution is -2.49. The zero-order valence-corrected chi connectivity index (χ0v) is 17.9. The number of sulfonamides is 1. The molecule has 2 rings (SSSR count). The van der Waals surface area contributed by atoms with Gasteiger partial charge in [-0.05, 0) is 37.1 Å². The predicted molar refractivity (Wildman–Crippen MR) is 112 cm³/mol. The van der Waals surface area contributed by atoms with Gasteiger partial charge in [0.15, 0.2) is 0 Å². The van der Waals surface area contributed by atoms with Crippen molar-refractivity contribution >= 4 is 33.2 Å². The molecule has 28 heavy (non-hydrogen) atoms. The second-order valence-corrected chi connectivity index (χ2v) is 8.74. The topological polar surface area (TPSA) is 75.7 Å². The predicted octanol–water partition coefficient (Wildman–Crippen LogP) is 3.77. The standard InChI is InChI=1S/C20H25ClN2O4S/c1-5-17(20(24)22-14(2)15-9-7-6-8-10-15)23(28(4,25)26)18-13-16(21)11-12-19(18)27-3/h6-14,17H,5H2,1-4H3,(H,22,24)/t14-,17+/m1/s1. The van der Waals surface area contributed by atoms with Crippen LogP contribution in [-0.4, -0.2) is 33.7 Å². The molecule has 1 N–H and O–H groups in total. The van der Waals surface area contributed by atoms with Gasteiger partial charge in [0.1, 0.15) is 11.8 Å². The Bertz CT molecular complexity index is 919. The molecule has 0 saturated carbocycles. The van der Waals surface area contributed by atoms with E-state index in [1.165, 1.54) is 13.2 Å². The molecule has 8 heteroatoms. The smallest absolute Gasteiger partial charge is 0.244 e. The molecule has 0 aliphatic heterocycles. The van der Waals surface area contributed by atoms with Gasteiger partial charge in [0.2, 0.25) is 15.9 Å². The molecule has 0 unspecified atom stereocenters. The number of halogens is 1. The lowest BCUT2D eigenvalue weighted by atomic mass is 10.1. The SMILES string of the molecule is CC[C@@H](C(=O)N[C@H](C)c1ccccc1)N(c1cc(Cl)ccc1OC)S(C)(=O)=O. The molecule has 0 radical (unpaired) electrons. The molecule has 2 aromatic carbocycles. The summed E-state index contributed by atoms with van der Waals surface area (Å²) < 4.78 is 31.6. The summed E-state index contributed by atoms with van der Waals surface area (Å²) in [6, 6.07) is 12.9. The molecule has 0 fully saturated rings. The number of methoxy groups -OCH3 is 1. The van der Waals surface area contributed by atoms with Gasteiger partial charge >= 0.3 is 0 Å². The van der Waals surface area contributed by atoms with E-state index >= 15 is 0 Å². The highest BCUT2D eigenvalue weighted by Crippen LogP contribution is 2.35. The quantitative estimate of drug-likeness (QED) is 0.699. The number of hydrogen-bond donors (Lipinski definition) is 1. The maximum absolute atomic E-state index is 13.0. The third-order valence-corrected chi connectivity index (χ3v) is 5.77. The van der Waals surface area contributed by atoms with Crippen molar-refractivity contribution in [2.45, 2.75) is 32.4 Å². The Morgan fingerprint density at radius 2 is 1.86 bits per heavy atom. The lowest BCUT2D eigenvalue weighted by Gasteiger charge is -2.32. The Morgan fingerprint density at radius 1 is 1.21 bits per heavy atom. The van der Waals surface area contributed by atoms with E-state index in [-0.39, 0.29) is 18.2 Å². The van der Waals surface area contributed by atoms with Crippen LogP contribution in [0.5, 0.6) is 5.75 Å². The Balaban J connectivity index is 2.41. The van der Waals surface area contributed by atoms with Crippen LogP contribution in [0.3, 0.4) is 0 Å². The molecule has 0 saturated heterocycles. The molecular weight excluding hydrogens is 400 g/mol. The average molecular weight is 425 g/mol. The minimum atomic E-state index is -3.79. The van der Waals surface area contributed by atoms with Crippen molar-refractivity contribution in [1.82, 2.24) is 5.32 Å². The zero-order chi connectivity index (χ0) is 20.9. The van der Waals surface area contributed by atoms with Gasteiger partial charge in [0.05, 0.1) is 25.1 Å². The first-order valence-electron chi connectivity index (χ1n) is 8.87. The third kappa shape index (κ3) is 5.17. The highest BCUT2D eigenvalue weighted by Gasteiger charge is 2.34. The Kier molecular flexibility index (Phi) is 7.32. The van der Waals surface area contributed by atoms with Gasteiger partial charge in [-0.3, -0.25) is 9.10 Å². The van der Waals surface area contributed by atoms with Crippen molar-refractivity contribution in [2.24, 2.45) is 0 Å². The fourth-order valence-corrected chi connectivity index (χ4v) is 4.38. The van der Waals surface area contributed by atoms with Crippen LogP contribution in [-0.2, 0) is 14.8 Å². The van der Waals surface area contributed by atoms with Crippen molar-refractivity contribution in [3.8, 4) is 5.75 Å². The number of rotatable bonds is 8. The van der Waals surface area contributed by atoms with Crippen LogP contribution in [0.15, 0.2) is 48.5 Å². The Morgan fingerprint density at radius 3 is 2.39 bits per heavy atom. The number of nitrogens with one attached hydrogen (secondary N) is 1. The monoisotopic (exact) mass is 424 g/mol. The number of ether oxygens (including phenoxy) is 1. The fourth-order valence-electron chi connectivity index (χ4n) is 3.01. The second kappa shape index (κ2) is 9.30. The van der Waals surface area contributed by atoms with E-state index in [0.717, 1.165) is 16.1 Å². The molecule has 2 aromatic rings. The van der Waals surface area contributed by atoms with E-state index in [1.807, 2.05) is 37.3 Å². The van der Waals surface area contributed by atoms with E-state index in [2.05, 4.69) is 5.32 Å². The van der Waals surface area contributed by atoms with Crippen molar-refractivity contribution < 1.29 is 17.9 Å². The first-order chi connectivity index (χ1) is 13.2. The van der Waals surface area contributed by atoms with E-state index in [4.69, 9.17) is 16.3 Å². The number of nitrogens with zero attached hydrogens (tertiary/aromatic N) is 1. The summed E-state index contributed by atoms with van der Waals surface area (Å²) in [6.07, 6.45) is 1.33. The molecule has 0 heterocycles. The van der Waals surface area contributed by atoms with Gasteiger partial charge < -0.3 is 10.1 Å². The fraction of sp³-hybridized carbons (Fsp3) is 0.350. The second-order valence-electron chi connectivity index (χ2n) is 6.44. The largest absolute Gasteiger partial charge is 0.495 e. The van der Waals surface area contributed by atoms with E-state index < -0.39 is 22.0 Å². The summed E-state index contributed by atoms with van der Waals surface area (Å²) in [6.45, 7) is 3.61. The van der Waals surface area contributed by atoms with Gasteiger partial charge in [-0.25, -0.2) is 8.42 Å². The van der Waals surface area contributed by atoms with Gasteiger partial charge in [0, 0.05) is 5.02 Å². The Hall–Kier alpha value is -2.25. The Labute approximate surface area is 171 Å². The van der Waals surface area contributed by atoms with Crippen LogP contribution >= 0.6 is 11.6 Å². The van der Waals surface area contributed by atoms with Crippen molar-refractivity contribution in [1.29, 1.82) is 0 Å². The van der Waals surface area contributed by atoms with Gasteiger partial charge in [0.25, 0.3) is 0 Å². The molecule has 6 nitrogen and oxygen atoms in total. The minimum Gasteiger partial charge on any atom is -0.495 e. The summed E-state index contributed by atoms with van der Waals surface area (Å²) >= 11 is 6.08. The number of anilines is 1. The number of carbonyl (C=O) groups excluding carboxylic acids is 1. The van der Waals surface area contributed by atoms with Crippen molar-refractivity contribution in [2.75, 3.05) is 17.7 Å². The molecule has 2 atom stereocenters. The first kappa shape index (κ1) is 22.0. The van der Waals surface area contributed by atoms with Crippen LogP contribution in [0.2, 0.25) is 5.02 Å². The average Bonchev–Trinajstić information content (AvgIpc) is 2.65. The molecule has 0 aromatic heterocycles. The van der Waals surface area contributed by atoms with Crippen molar-refractivity contribution in [3.63, 3.8) is 0 Å². The molecule has 152 valence electrons. The molecule has 0 aliphatic rings. The van der Waals surface area contributed by atoms with Gasteiger partial charge in [-0.15, -0.1) is 0 Å². The first-order valence-corrected chi connectivity index (χ1v) is 11.1. The van der Waals surface area contributed by atoms with E-state index in [9.17, 15) is 13.2 Å². The summed E-state index contributed by atoms with van der Waals surface area (Å²) in [5.41, 5.74) is 1.16. The number of carbonyl (C=O) groups is 1. The van der Waals surface area contributed by atoms with Crippen LogP contribution in [0, 0.1) is 0 Å². The van der Waals surface area contributed by atoms with E-state index in [1.54, 1.807) is 19.1 Å². The molecule has 0 bridgehead atoms. The van der Waals surface area contributed by atoms with Crippen LogP contribution in [0.1, 0.15) is 31.9 Å². The summed E-state index contributed by atoms with van der Waals surface area (Å²) in [5, 5.41) is 3.25. The zero-order valence-electron chi connectivity index (χ0n) is 16.3. The van der Waals surface area contributed by atoms with E-state index in [0.29, 0.717) is 10.8 Å². The number of amides is 1.